The second-order valence-electron chi connectivity index (χ2n) is 8.44. The van der Waals surface area contributed by atoms with E-state index in [9.17, 15) is 5.26 Å². The van der Waals surface area contributed by atoms with E-state index in [1.165, 1.54) is 0 Å². The molecule has 1 saturated heterocycles. The number of benzene rings is 1. The molecule has 160 valence electrons. The van der Waals surface area contributed by atoms with Crippen LogP contribution in [0.3, 0.4) is 0 Å². The number of methoxy groups -OCH3 is 1. The van der Waals surface area contributed by atoms with Gasteiger partial charge in [-0.2, -0.15) is 5.26 Å². The van der Waals surface area contributed by atoms with Gasteiger partial charge < -0.3 is 19.1 Å². The Morgan fingerprint density at radius 2 is 2.07 bits per heavy atom. The largest absolute Gasteiger partial charge is 0.493 e. The zero-order valence-corrected chi connectivity index (χ0v) is 18.6. The van der Waals surface area contributed by atoms with Crippen LogP contribution in [-0.4, -0.2) is 75.3 Å². The summed E-state index contributed by atoms with van der Waals surface area (Å²) in [5.41, 5.74) is 0.901. The van der Waals surface area contributed by atoms with Gasteiger partial charge in [0.15, 0.2) is 11.5 Å². The molecule has 0 N–H and O–H groups in total. The topological polar surface area (TPSA) is 70.3 Å². The SMILES string of the molecule is COc1cc(C#N)c(N=CN(C)C)cc1OC[C@H]1CCCN1CCOC(C)(C)C. The van der Waals surface area contributed by atoms with Crippen molar-refractivity contribution in [2.75, 3.05) is 47.5 Å². The molecular formula is C22H34N4O3. The molecule has 0 aromatic heterocycles. The summed E-state index contributed by atoms with van der Waals surface area (Å²) in [6.07, 6.45) is 3.92. The fourth-order valence-electron chi connectivity index (χ4n) is 3.23. The molecule has 7 heteroatoms. The van der Waals surface area contributed by atoms with Crippen LogP contribution in [0.25, 0.3) is 0 Å². The van der Waals surface area contributed by atoms with Gasteiger partial charge in [-0.3, -0.25) is 4.90 Å². The maximum atomic E-state index is 9.42. The lowest BCUT2D eigenvalue weighted by Crippen LogP contribution is -2.37. The molecule has 0 amide bonds. The van der Waals surface area contributed by atoms with Gasteiger partial charge in [-0.25, -0.2) is 4.99 Å². The van der Waals surface area contributed by atoms with Gasteiger partial charge in [0.2, 0.25) is 0 Å². The van der Waals surface area contributed by atoms with E-state index in [1.54, 1.807) is 25.6 Å². The van der Waals surface area contributed by atoms with Crippen LogP contribution in [0.2, 0.25) is 0 Å². The molecule has 1 atom stereocenters. The average Bonchev–Trinajstić information content (AvgIpc) is 3.10. The Morgan fingerprint density at radius 3 is 2.69 bits per heavy atom. The summed E-state index contributed by atoms with van der Waals surface area (Å²) in [5.74, 6) is 1.15. The highest BCUT2D eigenvalue weighted by atomic mass is 16.5. The smallest absolute Gasteiger partial charge is 0.163 e. The summed E-state index contributed by atoms with van der Waals surface area (Å²) in [6.45, 7) is 9.46. The quantitative estimate of drug-likeness (QED) is 0.465. The second kappa shape index (κ2) is 10.5. The van der Waals surface area contributed by atoms with Crippen LogP contribution in [0.5, 0.6) is 11.5 Å². The standard InChI is InChI=1S/C22H34N4O3/c1-22(2,3)29-11-10-26-9-7-8-18(26)15-28-21-13-19(24-16-25(4)5)17(14-23)12-20(21)27-6/h12-13,16,18H,7-11,15H2,1-6H3/t18-/m1/s1. The van der Waals surface area contributed by atoms with Gasteiger partial charge in [0.25, 0.3) is 0 Å². The number of hydrogen-bond acceptors (Lipinski definition) is 6. The van der Waals surface area contributed by atoms with Crippen LogP contribution >= 0.6 is 0 Å². The molecule has 1 fully saturated rings. The first-order valence-electron chi connectivity index (χ1n) is 10.1. The zero-order valence-electron chi connectivity index (χ0n) is 18.6. The summed E-state index contributed by atoms with van der Waals surface area (Å²) in [5, 5.41) is 9.42. The number of likely N-dealkylation sites (tertiary alicyclic amines) is 1. The summed E-state index contributed by atoms with van der Waals surface area (Å²) in [6, 6.07) is 5.97. The number of aliphatic imine (C=N–C) groups is 1. The van der Waals surface area contributed by atoms with Gasteiger partial charge in [0.1, 0.15) is 12.7 Å². The molecule has 0 unspecified atom stereocenters. The predicted molar refractivity (Wildman–Crippen MR) is 115 cm³/mol. The minimum absolute atomic E-state index is 0.120. The molecule has 0 aliphatic carbocycles. The zero-order chi connectivity index (χ0) is 21.4. The van der Waals surface area contributed by atoms with Crippen molar-refractivity contribution >= 4 is 12.0 Å². The summed E-state index contributed by atoms with van der Waals surface area (Å²) < 4.78 is 17.4. The van der Waals surface area contributed by atoms with Crippen LogP contribution in [0.1, 0.15) is 39.2 Å². The van der Waals surface area contributed by atoms with Crippen LogP contribution in [0, 0.1) is 11.3 Å². The number of nitriles is 1. The van der Waals surface area contributed by atoms with Crippen molar-refractivity contribution in [1.82, 2.24) is 9.80 Å². The van der Waals surface area contributed by atoms with E-state index in [2.05, 4.69) is 36.7 Å². The summed E-state index contributed by atoms with van der Waals surface area (Å²) in [4.78, 5) is 8.63. The third kappa shape index (κ3) is 7.22. The van der Waals surface area contributed by atoms with Crippen LogP contribution in [0.4, 0.5) is 5.69 Å². The second-order valence-corrected chi connectivity index (χ2v) is 8.44. The van der Waals surface area contributed by atoms with Gasteiger partial charge in [0.05, 0.1) is 36.9 Å². The van der Waals surface area contributed by atoms with Crippen molar-refractivity contribution in [2.24, 2.45) is 4.99 Å². The van der Waals surface area contributed by atoms with Gasteiger partial charge >= 0.3 is 0 Å². The third-order valence-electron chi connectivity index (χ3n) is 4.67. The molecule has 1 aliphatic rings. The van der Waals surface area contributed by atoms with Gasteiger partial charge in [-0.05, 0) is 40.2 Å². The number of ether oxygens (including phenoxy) is 3. The normalized spacial score (nSPS) is 17.5. The summed E-state index contributed by atoms with van der Waals surface area (Å²) in [7, 11) is 5.35. The van der Waals surface area contributed by atoms with Crippen molar-refractivity contribution in [3.05, 3.63) is 17.7 Å². The molecule has 0 bridgehead atoms. The maximum absolute atomic E-state index is 9.42. The maximum Gasteiger partial charge on any atom is 0.163 e. The van der Waals surface area contributed by atoms with Gasteiger partial charge in [-0.1, -0.05) is 0 Å². The van der Waals surface area contributed by atoms with Crippen molar-refractivity contribution in [1.29, 1.82) is 5.26 Å². The Balaban J connectivity index is 2.06. The lowest BCUT2D eigenvalue weighted by Gasteiger charge is -2.27. The van der Waals surface area contributed by atoms with Crippen molar-refractivity contribution in [3.63, 3.8) is 0 Å². The van der Waals surface area contributed by atoms with Crippen molar-refractivity contribution in [2.45, 2.75) is 45.3 Å². The molecule has 29 heavy (non-hydrogen) atoms. The minimum atomic E-state index is -0.120. The van der Waals surface area contributed by atoms with Gasteiger partial charge in [-0.15, -0.1) is 0 Å². The Kier molecular flexibility index (Phi) is 8.30. The molecular weight excluding hydrogens is 368 g/mol. The van der Waals surface area contributed by atoms with E-state index in [1.807, 2.05) is 19.0 Å². The van der Waals surface area contributed by atoms with E-state index in [0.29, 0.717) is 42.0 Å². The first kappa shape index (κ1) is 23.0. The molecule has 2 rings (SSSR count). The molecule has 1 aromatic rings. The predicted octanol–water partition coefficient (Wildman–Crippen LogP) is 3.45. The summed E-state index contributed by atoms with van der Waals surface area (Å²) >= 11 is 0. The fourth-order valence-corrected chi connectivity index (χ4v) is 3.23. The Bertz CT molecular complexity index is 735. The molecule has 0 spiro atoms. The van der Waals surface area contributed by atoms with Crippen LogP contribution in [-0.2, 0) is 4.74 Å². The van der Waals surface area contributed by atoms with Crippen LogP contribution in [0.15, 0.2) is 17.1 Å². The molecule has 0 radical (unpaired) electrons. The van der Waals surface area contributed by atoms with Crippen molar-refractivity contribution < 1.29 is 14.2 Å². The first-order valence-corrected chi connectivity index (χ1v) is 10.1. The molecule has 1 heterocycles. The highest BCUT2D eigenvalue weighted by molar-refractivity contribution is 5.68. The van der Waals surface area contributed by atoms with Crippen LogP contribution < -0.4 is 9.47 Å². The lowest BCUT2D eigenvalue weighted by atomic mass is 10.1. The Hall–Kier alpha value is -2.30. The monoisotopic (exact) mass is 402 g/mol. The fraction of sp³-hybridized carbons (Fsp3) is 0.636. The molecule has 7 nitrogen and oxygen atoms in total. The number of rotatable bonds is 9. The average molecular weight is 403 g/mol. The molecule has 1 aliphatic heterocycles. The van der Waals surface area contributed by atoms with Crippen molar-refractivity contribution in [3.8, 4) is 17.6 Å². The van der Waals surface area contributed by atoms with E-state index < -0.39 is 0 Å². The van der Waals surface area contributed by atoms with E-state index >= 15 is 0 Å². The van der Waals surface area contributed by atoms with Gasteiger partial charge in [0, 0.05) is 38.8 Å². The Morgan fingerprint density at radius 1 is 1.31 bits per heavy atom. The highest BCUT2D eigenvalue weighted by Gasteiger charge is 2.26. The highest BCUT2D eigenvalue weighted by Crippen LogP contribution is 2.35. The number of hydrogen-bond donors (Lipinski definition) is 0. The van der Waals surface area contributed by atoms with E-state index in [-0.39, 0.29) is 5.60 Å². The third-order valence-corrected chi connectivity index (χ3v) is 4.67. The molecule has 0 saturated carbocycles. The van der Waals surface area contributed by atoms with E-state index in [4.69, 9.17) is 14.2 Å². The minimum Gasteiger partial charge on any atom is -0.493 e. The Labute approximate surface area is 174 Å². The number of nitrogens with zero attached hydrogens (tertiary/aromatic N) is 4. The lowest BCUT2D eigenvalue weighted by molar-refractivity contribution is -0.0159. The van der Waals surface area contributed by atoms with E-state index in [0.717, 1.165) is 25.9 Å². The first-order chi connectivity index (χ1) is 13.7. The molecule has 1 aromatic carbocycles.